The Hall–Kier alpha value is -0.860. The van der Waals surface area contributed by atoms with Crippen LogP contribution in [0.2, 0.25) is 0 Å². The molecule has 106 valence electrons. The van der Waals surface area contributed by atoms with Gasteiger partial charge in [-0.05, 0) is 62.4 Å². The molecule has 1 fully saturated rings. The number of hydrogen-bond acceptors (Lipinski definition) is 2. The summed E-state index contributed by atoms with van der Waals surface area (Å²) in [6.07, 6.45) is 5.12. The fraction of sp³-hybridized carbons (Fsp3) is 0.647. The van der Waals surface area contributed by atoms with Crippen LogP contribution in [-0.2, 0) is 6.42 Å². The summed E-state index contributed by atoms with van der Waals surface area (Å²) in [6.45, 7) is 7.93. The van der Waals surface area contributed by atoms with Crippen LogP contribution < -0.4 is 10.6 Å². The lowest BCUT2D eigenvalue weighted by Gasteiger charge is -2.11. The summed E-state index contributed by atoms with van der Waals surface area (Å²) in [6, 6.07) is 9.84. The normalized spacial score (nSPS) is 19.2. The van der Waals surface area contributed by atoms with Gasteiger partial charge in [-0.25, -0.2) is 0 Å². The van der Waals surface area contributed by atoms with Gasteiger partial charge in [0.25, 0.3) is 0 Å². The van der Waals surface area contributed by atoms with E-state index in [1.54, 1.807) is 0 Å². The monoisotopic (exact) mass is 260 g/mol. The molecule has 0 spiro atoms. The third kappa shape index (κ3) is 4.96. The molecule has 0 saturated carbocycles. The average Bonchev–Trinajstić information content (AvgIpc) is 2.92. The van der Waals surface area contributed by atoms with Crippen LogP contribution in [0.3, 0.4) is 0 Å². The number of benzene rings is 1. The van der Waals surface area contributed by atoms with Crippen LogP contribution in [0.4, 0.5) is 0 Å². The summed E-state index contributed by atoms with van der Waals surface area (Å²) >= 11 is 0. The molecule has 1 aliphatic heterocycles. The van der Waals surface area contributed by atoms with E-state index in [2.05, 4.69) is 48.7 Å². The SMILES string of the molecule is CC(C)c1ccc(CCNCCC2CCCN2)cc1. The van der Waals surface area contributed by atoms with E-state index < -0.39 is 0 Å². The minimum Gasteiger partial charge on any atom is -0.316 e. The maximum atomic E-state index is 3.56. The van der Waals surface area contributed by atoms with E-state index in [1.807, 2.05) is 0 Å². The zero-order chi connectivity index (χ0) is 13.5. The van der Waals surface area contributed by atoms with Crippen LogP contribution in [0.25, 0.3) is 0 Å². The Morgan fingerprint density at radius 1 is 1.21 bits per heavy atom. The molecule has 0 bridgehead atoms. The van der Waals surface area contributed by atoms with Crippen molar-refractivity contribution in [2.75, 3.05) is 19.6 Å². The second-order valence-electron chi connectivity index (χ2n) is 5.98. The second kappa shape index (κ2) is 7.66. The molecular formula is C17H28N2. The molecule has 2 heteroatoms. The summed E-state index contributed by atoms with van der Waals surface area (Å²) in [7, 11) is 0. The lowest BCUT2D eigenvalue weighted by Crippen LogP contribution is -2.28. The Morgan fingerprint density at radius 2 is 2.00 bits per heavy atom. The topological polar surface area (TPSA) is 24.1 Å². The molecule has 1 aliphatic rings. The van der Waals surface area contributed by atoms with E-state index in [9.17, 15) is 0 Å². The van der Waals surface area contributed by atoms with Gasteiger partial charge in [0.15, 0.2) is 0 Å². The molecule has 1 saturated heterocycles. The molecule has 2 rings (SSSR count). The lowest BCUT2D eigenvalue weighted by atomic mass is 10.0. The molecule has 2 nitrogen and oxygen atoms in total. The lowest BCUT2D eigenvalue weighted by molar-refractivity contribution is 0.525. The predicted molar refractivity (Wildman–Crippen MR) is 82.7 cm³/mol. The van der Waals surface area contributed by atoms with Gasteiger partial charge < -0.3 is 10.6 Å². The van der Waals surface area contributed by atoms with E-state index in [4.69, 9.17) is 0 Å². The first-order valence-corrected chi connectivity index (χ1v) is 7.78. The van der Waals surface area contributed by atoms with Crippen molar-refractivity contribution in [2.24, 2.45) is 0 Å². The number of hydrogen-bond donors (Lipinski definition) is 2. The molecule has 1 aromatic carbocycles. The Balaban J connectivity index is 1.59. The van der Waals surface area contributed by atoms with Crippen molar-refractivity contribution >= 4 is 0 Å². The fourth-order valence-electron chi connectivity index (χ4n) is 2.71. The predicted octanol–water partition coefficient (Wildman–Crippen LogP) is 3.08. The van der Waals surface area contributed by atoms with E-state index in [0.29, 0.717) is 5.92 Å². The molecule has 2 N–H and O–H groups in total. The molecular weight excluding hydrogens is 232 g/mol. The quantitative estimate of drug-likeness (QED) is 0.736. The highest BCUT2D eigenvalue weighted by Gasteiger charge is 2.12. The molecule has 0 aromatic heterocycles. The number of rotatable bonds is 7. The first-order chi connectivity index (χ1) is 9.25. The van der Waals surface area contributed by atoms with E-state index in [0.717, 1.165) is 25.6 Å². The fourth-order valence-corrected chi connectivity index (χ4v) is 2.71. The van der Waals surface area contributed by atoms with E-state index in [1.165, 1.54) is 36.9 Å². The standard InChI is InChI=1S/C17H28N2/c1-14(2)16-7-5-15(6-8-16)9-12-18-13-10-17-4-3-11-19-17/h5-8,14,17-19H,3-4,9-13H2,1-2H3. The van der Waals surface area contributed by atoms with Crippen molar-refractivity contribution in [3.05, 3.63) is 35.4 Å². The molecule has 19 heavy (non-hydrogen) atoms. The Morgan fingerprint density at radius 3 is 2.63 bits per heavy atom. The highest BCUT2D eigenvalue weighted by molar-refractivity contribution is 5.24. The third-order valence-corrected chi connectivity index (χ3v) is 4.07. The van der Waals surface area contributed by atoms with Crippen molar-refractivity contribution in [3.63, 3.8) is 0 Å². The first-order valence-electron chi connectivity index (χ1n) is 7.78. The zero-order valence-electron chi connectivity index (χ0n) is 12.4. The summed E-state index contributed by atoms with van der Waals surface area (Å²) in [5.41, 5.74) is 2.87. The summed E-state index contributed by atoms with van der Waals surface area (Å²) < 4.78 is 0. The van der Waals surface area contributed by atoms with Crippen molar-refractivity contribution in [3.8, 4) is 0 Å². The van der Waals surface area contributed by atoms with Crippen LogP contribution in [0, 0.1) is 0 Å². The van der Waals surface area contributed by atoms with E-state index in [-0.39, 0.29) is 0 Å². The van der Waals surface area contributed by atoms with Crippen molar-refractivity contribution in [1.82, 2.24) is 10.6 Å². The van der Waals surface area contributed by atoms with Gasteiger partial charge in [-0.2, -0.15) is 0 Å². The van der Waals surface area contributed by atoms with Gasteiger partial charge in [0, 0.05) is 6.04 Å². The maximum absolute atomic E-state index is 3.56. The van der Waals surface area contributed by atoms with Gasteiger partial charge >= 0.3 is 0 Å². The summed E-state index contributed by atoms with van der Waals surface area (Å²) in [5.74, 6) is 0.631. The Kier molecular flexibility index (Phi) is 5.87. The van der Waals surface area contributed by atoms with Crippen molar-refractivity contribution in [2.45, 2.75) is 51.5 Å². The molecule has 1 atom stereocenters. The van der Waals surface area contributed by atoms with Crippen LogP contribution in [-0.4, -0.2) is 25.7 Å². The number of nitrogens with one attached hydrogen (secondary N) is 2. The molecule has 1 unspecified atom stereocenters. The van der Waals surface area contributed by atoms with E-state index >= 15 is 0 Å². The van der Waals surface area contributed by atoms with Gasteiger partial charge in [0.1, 0.15) is 0 Å². The smallest absolute Gasteiger partial charge is 0.00796 e. The second-order valence-corrected chi connectivity index (χ2v) is 5.98. The Labute approximate surface area is 118 Å². The zero-order valence-corrected chi connectivity index (χ0v) is 12.4. The van der Waals surface area contributed by atoms with Crippen LogP contribution in [0.5, 0.6) is 0 Å². The highest BCUT2D eigenvalue weighted by Crippen LogP contribution is 2.14. The summed E-state index contributed by atoms with van der Waals surface area (Å²) in [4.78, 5) is 0. The van der Waals surface area contributed by atoms with Gasteiger partial charge in [0.2, 0.25) is 0 Å². The van der Waals surface area contributed by atoms with Crippen molar-refractivity contribution in [1.29, 1.82) is 0 Å². The largest absolute Gasteiger partial charge is 0.316 e. The van der Waals surface area contributed by atoms with Gasteiger partial charge in [-0.1, -0.05) is 38.1 Å². The van der Waals surface area contributed by atoms with Crippen LogP contribution in [0.1, 0.15) is 50.2 Å². The van der Waals surface area contributed by atoms with Gasteiger partial charge in [-0.3, -0.25) is 0 Å². The minimum absolute atomic E-state index is 0.631. The van der Waals surface area contributed by atoms with Gasteiger partial charge in [0.05, 0.1) is 0 Å². The van der Waals surface area contributed by atoms with Crippen LogP contribution >= 0.6 is 0 Å². The molecule has 1 heterocycles. The maximum Gasteiger partial charge on any atom is 0.00796 e. The summed E-state index contributed by atoms with van der Waals surface area (Å²) in [5, 5.41) is 7.10. The average molecular weight is 260 g/mol. The van der Waals surface area contributed by atoms with Gasteiger partial charge in [-0.15, -0.1) is 0 Å². The van der Waals surface area contributed by atoms with Crippen molar-refractivity contribution < 1.29 is 0 Å². The minimum atomic E-state index is 0.631. The third-order valence-electron chi connectivity index (χ3n) is 4.07. The molecule has 0 radical (unpaired) electrons. The molecule has 0 amide bonds. The molecule has 1 aromatic rings. The Bertz CT molecular complexity index is 350. The highest BCUT2D eigenvalue weighted by atomic mass is 14.9. The van der Waals surface area contributed by atoms with Crippen LogP contribution in [0.15, 0.2) is 24.3 Å². The molecule has 0 aliphatic carbocycles. The first kappa shape index (κ1) is 14.5.